The molecular weight excluding hydrogens is 240 g/mol. The lowest BCUT2D eigenvalue weighted by molar-refractivity contribution is -0.144. The van der Waals surface area contributed by atoms with E-state index in [-0.39, 0.29) is 25.2 Å². The summed E-state index contributed by atoms with van der Waals surface area (Å²) in [4.78, 5) is 31.6. The van der Waals surface area contributed by atoms with Crippen molar-refractivity contribution in [1.82, 2.24) is 0 Å². The van der Waals surface area contributed by atoms with Gasteiger partial charge in [0.2, 0.25) is 0 Å². The van der Waals surface area contributed by atoms with Crippen molar-refractivity contribution < 1.29 is 29.3 Å². The van der Waals surface area contributed by atoms with E-state index in [2.05, 4.69) is 0 Å². The highest BCUT2D eigenvalue weighted by molar-refractivity contribution is 5.69. The van der Waals surface area contributed by atoms with E-state index in [1.54, 1.807) is 0 Å². The molecule has 0 aliphatic rings. The Morgan fingerprint density at radius 2 is 1.22 bits per heavy atom. The molecule has 0 bridgehead atoms. The van der Waals surface area contributed by atoms with Gasteiger partial charge in [-0.15, -0.1) is 0 Å². The van der Waals surface area contributed by atoms with E-state index in [9.17, 15) is 14.4 Å². The van der Waals surface area contributed by atoms with Gasteiger partial charge in [-0.25, -0.2) is 0 Å². The van der Waals surface area contributed by atoms with Crippen LogP contribution in [0.1, 0.15) is 51.4 Å². The molecule has 0 spiro atoms. The minimum absolute atomic E-state index is 0.0719. The van der Waals surface area contributed by atoms with Crippen LogP contribution in [0.4, 0.5) is 0 Å². The van der Waals surface area contributed by atoms with Crippen LogP contribution in [0.25, 0.3) is 0 Å². The van der Waals surface area contributed by atoms with Crippen molar-refractivity contribution in [3.63, 3.8) is 0 Å². The Bertz CT molecular complexity index is 274. The minimum Gasteiger partial charge on any atom is -0.481 e. The van der Waals surface area contributed by atoms with Crippen molar-refractivity contribution >= 4 is 17.9 Å². The lowest BCUT2D eigenvalue weighted by Crippen LogP contribution is -2.06. The minimum atomic E-state index is -0.859. The summed E-state index contributed by atoms with van der Waals surface area (Å²) in [6.07, 6.45) is 3.42. The fraction of sp³-hybridized carbons (Fsp3) is 0.750. The average molecular weight is 260 g/mol. The van der Waals surface area contributed by atoms with E-state index in [1.165, 1.54) is 0 Å². The lowest BCUT2D eigenvalue weighted by Gasteiger charge is -2.04. The smallest absolute Gasteiger partial charge is 0.305 e. The van der Waals surface area contributed by atoms with Crippen LogP contribution in [0.3, 0.4) is 0 Å². The molecule has 0 aromatic carbocycles. The third kappa shape index (κ3) is 12.5. The normalized spacial score (nSPS) is 10.0. The fourth-order valence-electron chi connectivity index (χ4n) is 1.36. The van der Waals surface area contributed by atoms with Gasteiger partial charge in [-0.3, -0.25) is 14.4 Å². The first-order valence-electron chi connectivity index (χ1n) is 6.11. The summed E-state index contributed by atoms with van der Waals surface area (Å²) in [5.41, 5.74) is 0. The number of carboxylic acid groups (broad SMARTS) is 2. The molecule has 6 nitrogen and oxygen atoms in total. The third-order valence-electron chi connectivity index (χ3n) is 2.32. The van der Waals surface area contributed by atoms with Gasteiger partial charge in [-0.2, -0.15) is 0 Å². The van der Waals surface area contributed by atoms with Gasteiger partial charge in [0.05, 0.1) is 6.61 Å². The highest BCUT2D eigenvalue weighted by Gasteiger charge is 2.04. The van der Waals surface area contributed by atoms with Crippen molar-refractivity contribution in [3.05, 3.63) is 0 Å². The van der Waals surface area contributed by atoms with Crippen molar-refractivity contribution in [2.24, 2.45) is 0 Å². The molecule has 0 aromatic rings. The summed E-state index contributed by atoms with van der Waals surface area (Å²) < 4.78 is 4.92. The second-order valence-electron chi connectivity index (χ2n) is 4.03. The maximum atomic E-state index is 11.2. The van der Waals surface area contributed by atoms with Gasteiger partial charge in [0, 0.05) is 19.3 Å². The van der Waals surface area contributed by atoms with E-state index < -0.39 is 11.9 Å². The quantitative estimate of drug-likeness (QED) is 0.434. The predicted octanol–water partition coefficient (Wildman–Crippen LogP) is 1.82. The molecule has 0 aliphatic heterocycles. The molecule has 0 aromatic heterocycles. The third-order valence-corrected chi connectivity index (χ3v) is 2.32. The van der Waals surface area contributed by atoms with Gasteiger partial charge in [-0.05, 0) is 32.1 Å². The Morgan fingerprint density at radius 3 is 1.78 bits per heavy atom. The van der Waals surface area contributed by atoms with E-state index in [4.69, 9.17) is 14.9 Å². The number of carbonyl (C=O) groups excluding carboxylic acids is 1. The van der Waals surface area contributed by atoms with Crippen molar-refractivity contribution in [1.29, 1.82) is 0 Å². The average Bonchev–Trinajstić information content (AvgIpc) is 2.28. The molecule has 0 saturated heterocycles. The van der Waals surface area contributed by atoms with Crippen LogP contribution in [0.2, 0.25) is 0 Å². The molecule has 0 saturated carbocycles. The van der Waals surface area contributed by atoms with E-state index in [0.717, 1.165) is 6.42 Å². The Balaban J connectivity index is 3.26. The van der Waals surface area contributed by atoms with Gasteiger partial charge >= 0.3 is 17.9 Å². The molecule has 0 radical (unpaired) electrons. The number of aliphatic carboxylic acids is 2. The Hall–Kier alpha value is -1.59. The molecule has 2 N–H and O–H groups in total. The van der Waals surface area contributed by atoms with E-state index in [1.807, 2.05) is 0 Å². The van der Waals surface area contributed by atoms with Crippen molar-refractivity contribution in [2.45, 2.75) is 51.4 Å². The number of unbranched alkanes of at least 4 members (excludes halogenated alkanes) is 3. The molecule has 0 unspecified atom stereocenters. The Kier molecular flexibility index (Phi) is 9.62. The number of esters is 1. The largest absolute Gasteiger partial charge is 0.481 e. The maximum Gasteiger partial charge on any atom is 0.305 e. The van der Waals surface area contributed by atoms with Gasteiger partial charge in [-0.1, -0.05) is 0 Å². The molecule has 0 fully saturated rings. The summed E-state index contributed by atoms with van der Waals surface area (Å²) in [6.45, 7) is 0.303. The summed E-state index contributed by atoms with van der Waals surface area (Å²) >= 11 is 0. The number of rotatable bonds is 11. The van der Waals surface area contributed by atoms with Crippen LogP contribution in [-0.2, 0) is 19.1 Å². The summed E-state index contributed by atoms with van der Waals surface area (Å²) in [5, 5.41) is 16.8. The zero-order valence-corrected chi connectivity index (χ0v) is 10.4. The maximum absolute atomic E-state index is 11.2. The summed E-state index contributed by atoms with van der Waals surface area (Å²) in [5.74, 6) is -1.99. The molecule has 104 valence electrons. The van der Waals surface area contributed by atoms with Crippen LogP contribution in [-0.4, -0.2) is 34.7 Å². The van der Waals surface area contributed by atoms with Gasteiger partial charge < -0.3 is 14.9 Å². The number of ether oxygens (including phenoxy) is 1. The lowest BCUT2D eigenvalue weighted by atomic mass is 10.2. The molecule has 18 heavy (non-hydrogen) atoms. The van der Waals surface area contributed by atoms with Crippen LogP contribution in [0, 0.1) is 0 Å². The summed E-state index contributed by atoms with van der Waals surface area (Å²) in [7, 11) is 0. The van der Waals surface area contributed by atoms with E-state index >= 15 is 0 Å². The zero-order chi connectivity index (χ0) is 13.8. The Labute approximate surface area is 106 Å². The number of hydrogen-bond acceptors (Lipinski definition) is 4. The van der Waals surface area contributed by atoms with Crippen LogP contribution >= 0.6 is 0 Å². The predicted molar refractivity (Wildman–Crippen MR) is 63.2 cm³/mol. The highest BCUT2D eigenvalue weighted by Crippen LogP contribution is 2.04. The number of carboxylic acids is 2. The number of hydrogen-bond donors (Lipinski definition) is 2. The van der Waals surface area contributed by atoms with Crippen LogP contribution in [0.5, 0.6) is 0 Å². The Morgan fingerprint density at radius 1 is 0.722 bits per heavy atom. The fourth-order valence-corrected chi connectivity index (χ4v) is 1.36. The molecule has 0 atom stereocenters. The standard InChI is InChI=1S/C12H20O6/c13-10(14)6-2-1-5-9-18-12(17)8-4-3-7-11(15)16/h1-9H2,(H,13,14)(H,15,16). The molecule has 6 heteroatoms. The molecule has 0 heterocycles. The van der Waals surface area contributed by atoms with Gasteiger partial charge in [0.1, 0.15) is 0 Å². The first-order chi connectivity index (χ1) is 8.52. The molecule has 0 aliphatic carbocycles. The summed E-state index contributed by atoms with van der Waals surface area (Å²) in [6, 6.07) is 0. The first-order valence-corrected chi connectivity index (χ1v) is 6.11. The monoisotopic (exact) mass is 260 g/mol. The van der Waals surface area contributed by atoms with E-state index in [0.29, 0.717) is 32.3 Å². The van der Waals surface area contributed by atoms with Crippen molar-refractivity contribution in [2.75, 3.05) is 6.61 Å². The first kappa shape index (κ1) is 16.4. The molecule has 0 amide bonds. The van der Waals surface area contributed by atoms with Crippen LogP contribution < -0.4 is 0 Å². The number of carbonyl (C=O) groups is 3. The van der Waals surface area contributed by atoms with Gasteiger partial charge in [0.25, 0.3) is 0 Å². The molecular formula is C12H20O6. The van der Waals surface area contributed by atoms with Gasteiger partial charge in [0.15, 0.2) is 0 Å². The topological polar surface area (TPSA) is 101 Å². The SMILES string of the molecule is O=C(O)CCCCCOC(=O)CCCCC(=O)O. The van der Waals surface area contributed by atoms with Crippen LogP contribution in [0.15, 0.2) is 0 Å². The van der Waals surface area contributed by atoms with Crippen molar-refractivity contribution in [3.8, 4) is 0 Å². The highest BCUT2D eigenvalue weighted by atomic mass is 16.5. The second kappa shape index (κ2) is 10.6. The second-order valence-corrected chi connectivity index (χ2v) is 4.03. The zero-order valence-electron chi connectivity index (χ0n) is 10.4. The molecule has 0 rings (SSSR count).